The standard InChI is InChI=1S/C12H14BrNO4/c1-6-4-8-11(18-3-2-17-8)10(13)9(6)7(5-14)12(15)16/h4,7H,2-3,5,14H2,1H3,(H,15,16). The zero-order valence-electron chi connectivity index (χ0n) is 9.90. The predicted octanol–water partition coefficient (Wildman–Crippen LogP) is 1.66. The smallest absolute Gasteiger partial charge is 0.312 e. The van der Waals surface area contributed by atoms with Crippen molar-refractivity contribution in [1.82, 2.24) is 0 Å². The van der Waals surface area contributed by atoms with Gasteiger partial charge in [-0.3, -0.25) is 4.79 Å². The maximum Gasteiger partial charge on any atom is 0.312 e. The van der Waals surface area contributed by atoms with Gasteiger partial charge >= 0.3 is 5.97 Å². The van der Waals surface area contributed by atoms with Gasteiger partial charge in [-0.05, 0) is 40.0 Å². The maximum absolute atomic E-state index is 11.2. The van der Waals surface area contributed by atoms with Crippen LogP contribution in [0.4, 0.5) is 0 Å². The molecular weight excluding hydrogens is 302 g/mol. The molecule has 0 saturated heterocycles. The van der Waals surface area contributed by atoms with Gasteiger partial charge in [0.1, 0.15) is 13.2 Å². The number of hydrogen-bond acceptors (Lipinski definition) is 4. The van der Waals surface area contributed by atoms with E-state index in [2.05, 4.69) is 15.9 Å². The highest BCUT2D eigenvalue weighted by Crippen LogP contribution is 2.43. The largest absolute Gasteiger partial charge is 0.486 e. The molecule has 0 fully saturated rings. The second kappa shape index (κ2) is 5.16. The van der Waals surface area contributed by atoms with Gasteiger partial charge in [-0.25, -0.2) is 0 Å². The molecule has 1 aromatic carbocycles. The number of rotatable bonds is 3. The minimum atomic E-state index is -0.946. The van der Waals surface area contributed by atoms with Crippen molar-refractivity contribution in [2.45, 2.75) is 12.8 Å². The third kappa shape index (κ3) is 2.18. The number of halogens is 1. The second-order valence-electron chi connectivity index (χ2n) is 4.07. The summed E-state index contributed by atoms with van der Waals surface area (Å²) in [5.41, 5.74) is 7.02. The molecule has 18 heavy (non-hydrogen) atoms. The normalized spacial score (nSPS) is 15.3. The first-order valence-corrected chi connectivity index (χ1v) is 6.37. The number of carboxylic acids is 1. The number of fused-ring (bicyclic) bond motifs is 1. The van der Waals surface area contributed by atoms with E-state index < -0.39 is 11.9 Å². The van der Waals surface area contributed by atoms with Crippen LogP contribution in [-0.2, 0) is 4.79 Å². The lowest BCUT2D eigenvalue weighted by Gasteiger charge is -2.24. The first-order chi connectivity index (χ1) is 8.56. The molecule has 1 aromatic rings. The molecule has 1 unspecified atom stereocenters. The molecule has 98 valence electrons. The zero-order chi connectivity index (χ0) is 13.3. The van der Waals surface area contributed by atoms with Gasteiger partial charge in [-0.1, -0.05) is 0 Å². The Morgan fingerprint density at radius 1 is 1.56 bits per heavy atom. The molecular formula is C12H14BrNO4. The summed E-state index contributed by atoms with van der Waals surface area (Å²) in [4.78, 5) is 11.2. The summed E-state index contributed by atoms with van der Waals surface area (Å²) < 4.78 is 11.6. The average Bonchev–Trinajstić information content (AvgIpc) is 2.34. The molecule has 0 spiro atoms. The van der Waals surface area contributed by atoms with Crippen LogP contribution < -0.4 is 15.2 Å². The van der Waals surface area contributed by atoms with Crippen LogP contribution in [0.5, 0.6) is 11.5 Å². The second-order valence-corrected chi connectivity index (χ2v) is 4.86. The fourth-order valence-electron chi connectivity index (χ4n) is 2.05. The van der Waals surface area contributed by atoms with Gasteiger partial charge in [-0.15, -0.1) is 0 Å². The maximum atomic E-state index is 11.2. The molecule has 5 nitrogen and oxygen atoms in total. The zero-order valence-corrected chi connectivity index (χ0v) is 11.5. The van der Waals surface area contributed by atoms with Gasteiger partial charge in [0.25, 0.3) is 0 Å². The van der Waals surface area contributed by atoms with Crippen LogP contribution in [-0.4, -0.2) is 30.8 Å². The van der Waals surface area contributed by atoms with Crippen molar-refractivity contribution in [1.29, 1.82) is 0 Å². The molecule has 0 aliphatic carbocycles. The quantitative estimate of drug-likeness (QED) is 0.886. The summed E-state index contributed by atoms with van der Waals surface area (Å²) in [5.74, 6) is -0.509. The molecule has 0 radical (unpaired) electrons. The monoisotopic (exact) mass is 315 g/mol. The van der Waals surface area contributed by atoms with E-state index in [-0.39, 0.29) is 6.54 Å². The average molecular weight is 316 g/mol. The topological polar surface area (TPSA) is 81.8 Å². The van der Waals surface area contributed by atoms with E-state index in [9.17, 15) is 9.90 Å². The Morgan fingerprint density at radius 3 is 2.83 bits per heavy atom. The molecule has 1 aliphatic heterocycles. The van der Waals surface area contributed by atoms with E-state index in [1.54, 1.807) is 6.07 Å². The van der Waals surface area contributed by atoms with Crippen LogP contribution in [0, 0.1) is 6.92 Å². The van der Waals surface area contributed by atoms with E-state index in [0.29, 0.717) is 34.7 Å². The third-order valence-corrected chi connectivity index (χ3v) is 3.69. The summed E-state index contributed by atoms with van der Waals surface area (Å²) in [5, 5.41) is 9.21. The van der Waals surface area contributed by atoms with Crippen LogP contribution in [0.15, 0.2) is 10.5 Å². The number of hydrogen-bond donors (Lipinski definition) is 2. The Hall–Kier alpha value is -1.27. The van der Waals surface area contributed by atoms with Crippen LogP contribution in [0.2, 0.25) is 0 Å². The molecule has 1 atom stereocenters. The molecule has 1 heterocycles. The lowest BCUT2D eigenvalue weighted by molar-refractivity contribution is -0.138. The van der Waals surface area contributed by atoms with Gasteiger partial charge in [0, 0.05) is 6.54 Å². The highest BCUT2D eigenvalue weighted by atomic mass is 79.9. The van der Waals surface area contributed by atoms with Crippen molar-refractivity contribution in [3.05, 3.63) is 21.7 Å². The van der Waals surface area contributed by atoms with Crippen LogP contribution in [0.1, 0.15) is 17.0 Å². The summed E-state index contributed by atoms with van der Waals surface area (Å²) in [7, 11) is 0. The molecule has 0 aromatic heterocycles. The summed E-state index contributed by atoms with van der Waals surface area (Å²) in [6.45, 7) is 2.82. The number of carboxylic acid groups (broad SMARTS) is 1. The van der Waals surface area contributed by atoms with Gasteiger partial charge < -0.3 is 20.3 Å². The molecule has 0 saturated carbocycles. The van der Waals surface area contributed by atoms with E-state index in [0.717, 1.165) is 5.56 Å². The summed E-state index contributed by atoms with van der Waals surface area (Å²) in [6.07, 6.45) is 0. The SMILES string of the molecule is Cc1cc2c(c(Br)c1C(CN)C(=O)O)OCCO2. The van der Waals surface area contributed by atoms with Gasteiger partial charge in [-0.2, -0.15) is 0 Å². The van der Waals surface area contributed by atoms with Gasteiger partial charge in [0.15, 0.2) is 11.5 Å². The highest BCUT2D eigenvalue weighted by Gasteiger charge is 2.28. The van der Waals surface area contributed by atoms with Crippen molar-refractivity contribution >= 4 is 21.9 Å². The lowest BCUT2D eigenvalue weighted by atomic mass is 9.94. The van der Waals surface area contributed by atoms with Gasteiger partial charge in [0.2, 0.25) is 0 Å². The Kier molecular flexibility index (Phi) is 3.77. The van der Waals surface area contributed by atoms with Crippen molar-refractivity contribution in [2.24, 2.45) is 5.73 Å². The van der Waals surface area contributed by atoms with Crippen LogP contribution in [0.25, 0.3) is 0 Å². The molecule has 0 amide bonds. The molecule has 3 N–H and O–H groups in total. The van der Waals surface area contributed by atoms with Crippen LogP contribution in [0.3, 0.4) is 0 Å². The van der Waals surface area contributed by atoms with E-state index in [4.69, 9.17) is 15.2 Å². The van der Waals surface area contributed by atoms with Gasteiger partial charge in [0.05, 0.1) is 10.4 Å². The Labute approximate surface area is 113 Å². The van der Waals surface area contributed by atoms with Crippen LogP contribution >= 0.6 is 15.9 Å². The van der Waals surface area contributed by atoms with E-state index >= 15 is 0 Å². The van der Waals surface area contributed by atoms with Crippen molar-refractivity contribution < 1.29 is 19.4 Å². The number of carbonyl (C=O) groups is 1. The minimum Gasteiger partial charge on any atom is -0.486 e. The van der Waals surface area contributed by atoms with E-state index in [1.807, 2.05) is 6.92 Å². The first kappa shape index (κ1) is 13.2. The first-order valence-electron chi connectivity index (χ1n) is 5.57. The fourth-order valence-corrected chi connectivity index (χ4v) is 2.95. The molecule has 2 rings (SSSR count). The number of aryl methyl sites for hydroxylation is 1. The number of ether oxygens (including phenoxy) is 2. The van der Waals surface area contributed by atoms with Crippen molar-refractivity contribution in [3.63, 3.8) is 0 Å². The molecule has 0 bridgehead atoms. The predicted molar refractivity (Wildman–Crippen MR) is 69.3 cm³/mol. The number of aliphatic carboxylic acids is 1. The summed E-state index contributed by atoms with van der Waals surface area (Å²) in [6, 6.07) is 1.79. The fraction of sp³-hybridized carbons (Fsp3) is 0.417. The Morgan fingerprint density at radius 2 is 2.22 bits per heavy atom. The Balaban J connectivity index is 2.57. The number of nitrogens with two attached hydrogens (primary N) is 1. The van der Waals surface area contributed by atoms with E-state index in [1.165, 1.54) is 0 Å². The number of benzene rings is 1. The van der Waals surface area contributed by atoms with Crippen molar-refractivity contribution in [3.8, 4) is 11.5 Å². The summed E-state index contributed by atoms with van der Waals surface area (Å²) >= 11 is 3.40. The lowest BCUT2D eigenvalue weighted by Crippen LogP contribution is -2.24. The highest BCUT2D eigenvalue weighted by molar-refractivity contribution is 9.10. The third-order valence-electron chi connectivity index (χ3n) is 2.90. The minimum absolute atomic E-state index is 0.0361. The van der Waals surface area contributed by atoms with Crippen molar-refractivity contribution in [2.75, 3.05) is 19.8 Å². The molecule has 1 aliphatic rings. The Bertz CT molecular complexity index is 489. The molecule has 6 heteroatoms.